The first-order valence-corrected chi connectivity index (χ1v) is 8.86. The summed E-state index contributed by atoms with van der Waals surface area (Å²) >= 11 is 0. The summed E-state index contributed by atoms with van der Waals surface area (Å²) in [7, 11) is -2.64. The minimum absolute atomic E-state index is 0.595. The lowest BCUT2D eigenvalue weighted by atomic mass is 10.3. The lowest BCUT2D eigenvalue weighted by Gasteiger charge is -2.23. The molecule has 0 aliphatic heterocycles. The number of rotatable bonds is 10. The van der Waals surface area contributed by atoms with Crippen molar-refractivity contribution in [3.63, 3.8) is 0 Å². The predicted octanol–water partition coefficient (Wildman–Crippen LogP) is 5.54. The van der Waals surface area contributed by atoms with E-state index in [1.807, 2.05) is 30.3 Å². The molecule has 4 nitrogen and oxygen atoms in total. The van der Waals surface area contributed by atoms with E-state index in [-0.39, 0.29) is 0 Å². The van der Waals surface area contributed by atoms with Crippen molar-refractivity contribution in [2.75, 3.05) is 19.8 Å². The molecule has 5 heteroatoms. The highest BCUT2D eigenvalue weighted by atomic mass is 31.2. The summed E-state index contributed by atoms with van der Waals surface area (Å²) < 4.78 is 22.3. The molecule has 0 atom stereocenters. The molecule has 0 fully saturated rings. The summed E-state index contributed by atoms with van der Waals surface area (Å²) in [5.41, 5.74) is 0.837. The predicted molar refractivity (Wildman–Crippen MR) is 84.2 cm³/mol. The van der Waals surface area contributed by atoms with Crippen molar-refractivity contribution in [3.8, 4) is 0 Å². The Morgan fingerprint density at radius 3 is 1.65 bits per heavy atom. The highest BCUT2D eigenvalue weighted by Crippen LogP contribution is 2.55. The van der Waals surface area contributed by atoms with Gasteiger partial charge >= 0.3 is 7.74 Å². The molecule has 0 heterocycles. The maximum Gasteiger partial charge on any atom is 0.360 e. The second kappa shape index (κ2) is 10.1. The summed E-state index contributed by atoms with van der Waals surface area (Å²) in [4.78, 5) is 0. The van der Waals surface area contributed by atoms with E-state index in [0.717, 1.165) is 24.9 Å². The molecule has 1 rings (SSSR count). The van der Waals surface area contributed by atoms with Crippen LogP contribution in [0, 0.1) is 0 Å². The second-order valence-electron chi connectivity index (χ2n) is 4.40. The molecule has 0 radical (unpaired) electrons. The van der Waals surface area contributed by atoms with Gasteiger partial charge in [-0.05, 0) is 31.4 Å². The fourth-order valence-corrected chi connectivity index (χ4v) is 3.51. The van der Waals surface area contributed by atoms with Gasteiger partial charge in [-0.15, -0.1) is 0 Å². The van der Waals surface area contributed by atoms with Crippen molar-refractivity contribution in [1.29, 1.82) is 0 Å². The molecule has 0 saturated carbocycles. The Morgan fingerprint density at radius 1 is 0.800 bits per heavy atom. The molecule has 0 amide bonds. The van der Waals surface area contributed by atoms with Gasteiger partial charge in [0, 0.05) is 0 Å². The normalized spacial score (nSPS) is 11.6. The van der Waals surface area contributed by atoms with Gasteiger partial charge in [-0.2, -0.15) is 4.74 Å². The summed E-state index contributed by atoms with van der Waals surface area (Å²) in [5, 5.41) is 0. The lowest BCUT2D eigenvalue weighted by molar-refractivity contribution is 0.148. The van der Waals surface area contributed by atoms with Gasteiger partial charge < -0.3 is 13.6 Å². The van der Waals surface area contributed by atoms with E-state index in [1.165, 1.54) is 0 Å². The monoisotopic (exact) mass is 299 g/mol. The molecule has 0 aromatic heterocycles. The molecule has 0 aliphatic carbocycles. The zero-order valence-electron chi connectivity index (χ0n) is 12.7. The largest absolute Gasteiger partial charge is 0.360 e. The van der Waals surface area contributed by atoms with Crippen LogP contribution in [0.3, 0.4) is 0 Å². The van der Waals surface area contributed by atoms with Crippen LogP contribution in [-0.2, 0) is 13.6 Å². The van der Waals surface area contributed by atoms with Crippen molar-refractivity contribution < 1.29 is 13.6 Å². The maximum absolute atomic E-state index is 5.89. The average Bonchev–Trinajstić information content (AvgIpc) is 2.49. The van der Waals surface area contributed by atoms with Crippen LogP contribution in [0.5, 0.6) is 0 Å². The van der Waals surface area contributed by atoms with Crippen LogP contribution >= 0.6 is 7.74 Å². The minimum atomic E-state index is -2.64. The van der Waals surface area contributed by atoms with Crippen LogP contribution in [0.15, 0.2) is 35.1 Å². The fraction of sp³-hybridized carbons (Fsp3) is 0.600. The van der Waals surface area contributed by atoms with Crippen molar-refractivity contribution in [2.45, 2.75) is 40.0 Å². The molecular formula is C15H26NO3P. The molecule has 114 valence electrons. The quantitative estimate of drug-likeness (QED) is 0.532. The molecule has 0 unspecified atom stereocenters. The van der Waals surface area contributed by atoms with Gasteiger partial charge in [-0.3, -0.25) is 0 Å². The summed E-state index contributed by atoms with van der Waals surface area (Å²) in [6.07, 6.45) is 2.74. The van der Waals surface area contributed by atoms with Gasteiger partial charge in [0.1, 0.15) is 0 Å². The van der Waals surface area contributed by atoms with Gasteiger partial charge in [-0.1, -0.05) is 39.0 Å². The van der Waals surface area contributed by atoms with E-state index in [1.54, 1.807) is 0 Å². The van der Waals surface area contributed by atoms with Crippen LogP contribution in [0.25, 0.3) is 0 Å². The van der Waals surface area contributed by atoms with E-state index in [9.17, 15) is 0 Å². The molecule has 20 heavy (non-hydrogen) atoms. The van der Waals surface area contributed by atoms with Gasteiger partial charge in [0.25, 0.3) is 0 Å². The third-order valence-electron chi connectivity index (χ3n) is 2.37. The number of hydrogen-bond acceptors (Lipinski definition) is 4. The molecule has 0 aliphatic rings. The first-order chi connectivity index (χ1) is 9.76. The van der Waals surface area contributed by atoms with E-state index in [4.69, 9.17) is 13.6 Å². The topological polar surface area (TPSA) is 40.0 Å². The van der Waals surface area contributed by atoms with Gasteiger partial charge in [0.2, 0.25) is 0 Å². The summed E-state index contributed by atoms with van der Waals surface area (Å²) in [6, 6.07) is 9.75. The summed E-state index contributed by atoms with van der Waals surface area (Å²) in [6.45, 7) is 7.98. The van der Waals surface area contributed by atoms with E-state index in [0.29, 0.717) is 19.8 Å². The zero-order chi connectivity index (χ0) is 14.7. The van der Waals surface area contributed by atoms with Crippen LogP contribution in [0.1, 0.15) is 40.0 Å². The van der Waals surface area contributed by atoms with Gasteiger partial charge in [0.15, 0.2) is 0 Å². The minimum Gasteiger partial charge on any atom is -0.302 e. The molecule has 0 spiro atoms. The van der Waals surface area contributed by atoms with Gasteiger partial charge in [-0.25, -0.2) is 0 Å². The highest BCUT2D eigenvalue weighted by Gasteiger charge is 2.23. The Balaban J connectivity index is 3.01. The third-order valence-corrected chi connectivity index (χ3v) is 4.37. The smallest absolute Gasteiger partial charge is 0.302 e. The van der Waals surface area contributed by atoms with Crippen molar-refractivity contribution in [1.82, 2.24) is 0 Å². The Hall–Kier alpha value is -0.670. The van der Waals surface area contributed by atoms with Crippen LogP contribution in [0.4, 0.5) is 5.69 Å². The molecular weight excluding hydrogens is 273 g/mol. The number of hydrogen-bond donors (Lipinski definition) is 0. The van der Waals surface area contributed by atoms with Crippen LogP contribution < -0.4 is 0 Å². The fourth-order valence-electron chi connectivity index (χ4n) is 1.45. The molecule has 1 aromatic carbocycles. The first-order valence-electron chi connectivity index (χ1n) is 7.37. The third kappa shape index (κ3) is 6.19. The molecule has 0 N–H and O–H groups in total. The lowest BCUT2D eigenvalue weighted by Crippen LogP contribution is -2.03. The van der Waals surface area contributed by atoms with E-state index in [2.05, 4.69) is 25.5 Å². The SMILES string of the molecule is CCCOP(=Nc1ccccc1)(OCCC)OCCC. The van der Waals surface area contributed by atoms with Crippen molar-refractivity contribution in [3.05, 3.63) is 30.3 Å². The van der Waals surface area contributed by atoms with E-state index >= 15 is 0 Å². The first kappa shape index (κ1) is 17.4. The molecule has 0 bridgehead atoms. The van der Waals surface area contributed by atoms with E-state index < -0.39 is 7.74 Å². The zero-order valence-corrected chi connectivity index (χ0v) is 13.6. The molecule has 0 saturated heterocycles. The number of nitrogens with zero attached hydrogens (tertiary/aromatic N) is 1. The Kier molecular flexibility index (Phi) is 8.79. The Labute approximate surface area is 122 Å². The highest BCUT2D eigenvalue weighted by molar-refractivity contribution is 7.51. The Bertz CT molecular complexity index is 380. The van der Waals surface area contributed by atoms with Crippen LogP contribution in [0.2, 0.25) is 0 Å². The van der Waals surface area contributed by atoms with Crippen molar-refractivity contribution in [2.24, 2.45) is 4.74 Å². The Morgan fingerprint density at radius 2 is 1.25 bits per heavy atom. The average molecular weight is 299 g/mol. The van der Waals surface area contributed by atoms with Crippen molar-refractivity contribution >= 4 is 13.4 Å². The standard InChI is InChI=1S/C15H26NO3P/c1-4-12-17-20(18-13-5-2,19-14-6-3)16-15-10-8-7-9-11-15/h7-11H,4-6,12-14H2,1-3H3. The summed E-state index contributed by atoms with van der Waals surface area (Å²) in [5.74, 6) is 0. The second-order valence-corrected chi connectivity index (χ2v) is 6.32. The molecule has 1 aromatic rings. The maximum atomic E-state index is 5.89. The number of benzene rings is 1. The van der Waals surface area contributed by atoms with Gasteiger partial charge in [0.05, 0.1) is 25.5 Å². The van der Waals surface area contributed by atoms with Crippen LogP contribution in [-0.4, -0.2) is 19.8 Å².